The van der Waals surface area contributed by atoms with Crippen LogP contribution in [0.3, 0.4) is 0 Å². The van der Waals surface area contributed by atoms with Crippen LogP contribution in [0.25, 0.3) is 0 Å². The Labute approximate surface area is 139 Å². The quantitative estimate of drug-likeness (QED) is 0.806. The number of rotatable bonds is 2. The minimum Gasteiger partial charge on any atom is -0.482 e. The van der Waals surface area contributed by atoms with E-state index in [1.165, 1.54) is 34.5 Å². The molecule has 0 saturated carbocycles. The van der Waals surface area contributed by atoms with Gasteiger partial charge in [-0.2, -0.15) is 4.31 Å². The lowest BCUT2D eigenvalue weighted by Gasteiger charge is -2.33. The number of hydrogen-bond acceptors (Lipinski definition) is 6. The third-order valence-corrected chi connectivity index (χ3v) is 5.79. The van der Waals surface area contributed by atoms with Crippen molar-refractivity contribution < 1.29 is 27.5 Å². The van der Waals surface area contributed by atoms with E-state index in [0.29, 0.717) is 11.4 Å². The Morgan fingerprint density at radius 1 is 1.25 bits per heavy atom. The van der Waals surface area contributed by atoms with Gasteiger partial charge in [0.1, 0.15) is 5.75 Å². The summed E-state index contributed by atoms with van der Waals surface area (Å²) in [5.41, 5.74) is 0.334. The van der Waals surface area contributed by atoms with Gasteiger partial charge in [-0.1, -0.05) is 0 Å². The van der Waals surface area contributed by atoms with Gasteiger partial charge in [0.05, 0.1) is 17.7 Å². The smallest absolute Gasteiger partial charge is 0.409 e. The van der Waals surface area contributed by atoms with Gasteiger partial charge in [-0.3, -0.25) is 4.79 Å². The monoisotopic (exact) mass is 355 g/mol. The van der Waals surface area contributed by atoms with Crippen LogP contribution < -0.4 is 10.1 Å². The lowest BCUT2D eigenvalue weighted by molar-refractivity contribution is -0.118. The summed E-state index contributed by atoms with van der Waals surface area (Å²) in [6.07, 6.45) is -0.472. The minimum absolute atomic E-state index is 0.0681. The van der Waals surface area contributed by atoms with Crippen molar-refractivity contribution in [2.75, 3.05) is 45.2 Å². The molecule has 1 aromatic rings. The van der Waals surface area contributed by atoms with Crippen molar-refractivity contribution in [2.45, 2.75) is 4.90 Å². The topological polar surface area (TPSA) is 105 Å². The Balaban J connectivity index is 1.78. The first-order valence-electron chi connectivity index (χ1n) is 7.31. The van der Waals surface area contributed by atoms with Crippen molar-refractivity contribution in [3.8, 4) is 5.75 Å². The van der Waals surface area contributed by atoms with E-state index in [9.17, 15) is 18.0 Å². The van der Waals surface area contributed by atoms with E-state index in [0.717, 1.165) is 0 Å². The number of amides is 2. The molecule has 0 bridgehead atoms. The number of nitrogens with zero attached hydrogens (tertiary/aromatic N) is 2. The predicted molar refractivity (Wildman–Crippen MR) is 83.3 cm³/mol. The van der Waals surface area contributed by atoms with Crippen LogP contribution in [0, 0.1) is 0 Å². The summed E-state index contributed by atoms with van der Waals surface area (Å²) in [5, 5.41) is 2.59. The van der Waals surface area contributed by atoms with Gasteiger partial charge in [-0.15, -0.1) is 0 Å². The molecule has 9 nitrogen and oxygen atoms in total. The Kier molecular flexibility index (Phi) is 4.33. The molecule has 0 atom stereocenters. The van der Waals surface area contributed by atoms with E-state index < -0.39 is 16.1 Å². The molecule has 0 aromatic heterocycles. The third kappa shape index (κ3) is 3.02. The lowest BCUT2D eigenvalue weighted by atomic mass is 10.2. The maximum atomic E-state index is 12.7. The first kappa shape index (κ1) is 16.5. The van der Waals surface area contributed by atoms with E-state index in [4.69, 9.17) is 4.74 Å². The number of carbonyl (C=O) groups is 2. The molecular weight excluding hydrogens is 338 g/mol. The number of piperazine rings is 1. The highest BCUT2D eigenvalue weighted by atomic mass is 32.2. The number of hydrogen-bond donors (Lipinski definition) is 1. The van der Waals surface area contributed by atoms with Crippen LogP contribution >= 0.6 is 0 Å². The molecule has 2 aliphatic heterocycles. The average Bonchev–Trinajstić information content (AvgIpc) is 2.60. The molecule has 2 aliphatic rings. The summed E-state index contributed by atoms with van der Waals surface area (Å²) >= 11 is 0. The second kappa shape index (κ2) is 6.29. The summed E-state index contributed by atoms with van der Waals surface area (Å²) in [7, 11) is -2.43. The summed E-state index contributed by atoms with van der Waals surface area (Å²) in [6.45, 7) is 0.788. The SMILES string of the molecule is COC(=O)N1CCN(S(=O)(=O)c2ccc3c(c2)NC(=O)CO3)CC1. The molecule has 1 saturated heterocycles. The van der Waals surface area contributed by atoms with Gasteiger partial charge in [-0.25, -0.2) is 13.2 Å². The molecule has 130 valence electrons. The summed E-state index contributed by atoms with van der Waals surface area (Å²) < 4.78 is 36.6. The summed E-state index contributed by atoms with van der Waals surface area (Å²) in [5.74, 6) is 0.104. The maximum Gasteiger partial charge on any atom is 0.409 e. The number of ether oxygens (including phenoxy) is 2. The number of methoxy groups -OCH3 is 1. The molecule has 2 heterocycles. The van der Waals surface area contributed by atoms with Crippen LogP contribution in [-0.2, 0) is 19.6 Å². The Morgan fingerprint density at radius 2 is 1.96 bits per heavy atom. The minimum atomic E-state index is -3.72. The Hall–Kier alpha value is -2.33. The lowest BCUT2D eigenvalue weighted by Crippen LogP contribution is -2.50. The molecule has 3 rings (SSSR count). The van der Waals surface area contributed by atoms with E-state index in [1.807, 2.05) is 0 Å². The van der Waals surface area contributed by atoms with Crippen molar-refractivity contribution in [1.82, 2.24) is 9.21 Å². The van der Waals surface area contributed by atoms with Gasteiger partial charge in [0.25, 0.3) is 5.91 Å². The zero-order valence-corrected chi connectivity index (χ0v) is 13.8. The van der Waals surface area contributed by atoms with Crippen molar-refractivity contribution in [2.24, 2.45) is 0 Å². The normalized spacial score (nSPS) is 18.4. The molecule has 0 spiro atoms. The van der Waals surface area contributed by atoms with E-state index in [-0.39, 0.29) is 43.6 Å². The van der Waals surface area contributed by atoms with Crippen molar-refractivity contribution in [3.05, 3.63) is 18.2 Å². The fourth-order valence-electron chi connectivity index (χ4n) is 2.61. The molecular formula is C14H17N3O6S. The van der Waals surface area contributed by atoms with Gasteiger partial charge in [0.15, 0.2) is 6.61 Å². The van der Waals surface area contributed by atoms with Crippen LogP contribution in [0.2, 0.25) is 0 Å². The van der Waals surface area contributed by atoms with Crippen molar-refractivity contribution in [1.29, 1.82) is 0 Å². The second-order valence-corrected chi connectivity index (χ2v) is 7.29. The van der Waals surface area contributed by atoms with E-state index in [1.54, 1.807) is 0 Å². The molecule has 1 fully saturated rings. The molecule has 1 aromatic carbocycles. The highest BCUT2D eigenvalue weighted by Gasteiger charge is 2.31. The van der Waals surface area contributed by atoms with Crippen LogP contribution in [0.5, 0.6) is 5.75 Å². The number of carbonyl (C=O) groups excluding carboxylic acids is 2. The van der Waals surface area contributed by atoms with Crippen molar-refractivity contribution in [3.63, 3.8) is 0 Å². The highest BCUT2D eigenvalue weighted by molar-refractivity contribution is 7.89. The number of fused-ring (bicyclic) bond motifs is 1. The van der Waals surface area contributed by atoms with Gasteiger partial charge in [0.2, 0.25) is 10.0 Å². The fraction of sp³-hybridized carbons (Fsp3) is 0.429. The number of sulfonamides is 1. The van der Waals surface area contributed by atoms with Gasteiger partial charge in [-0.05, 0) is 18.2 Å². The van der Waals surface area contributed by atoms with Crippen LogP contribution in [0.1, 0.15) is 0 Å². The first-order valence-corrected chi connectivity index (χ1v) is 8.75. The zero-order valence-electron chi connectivity index (χ0n) is 13.0. The highest BCUT2D eigenvalue weighted by Crippen LogP contribution is 2.31. The van der Waals surface area contributed by atoms with Gasteiger partial charge < -0.3 is 19.7 Å². The number of benzene rings is 1. The van der Waals surface area contributed by atoms with E-state index >= 15 is 0 Å². The number of nitrogens with one attached hydrogen (secondary N) is 1. The third-order valence-electron chi connectivity index (χ3n) is 3.89. The standard InChI is InChI=1S/C14H17N3O6S/c1-22-14(19)16-4-6-17(7-5-16)24(20,21)10-2-3-12-11(8-10)15-13(18)9-23-12/h2-3,8H,4-7,9H2,1H3,(H,15,18). The van der Waals surface area contributed by atoms with Gasteiger partial charge >= 0.3 is 6.09 Å². The van der Waals surface area contributed by atoms with Crippen LogP contribution in [0.15, 0.2) is 23.1 Å². The summed E-state index contributed by atoms with van der Waals surface area (Å²) in [4.78, 5) is 24.4. The van der Waals surface area contributed by atoms with E-state index in [2.05, 4.69) is 10.1 Å². The molecule has 10 heteroatoms. The Morgan fingerprint density at radius 3 is 2.62 bits per heavy atom. The fourth-order valence-corrected chi connectivity index (χ4v) is 4.06. The molecule has 2 amide bonds. The molecule has 1 N–H and O–H groups in total. The van der Waals surface area contributed by atoms with Gasteiger partial charge in [0, 0.05) is 26.2 Å². The van der Waals surface area contributed by atoms with Crippen LogP contribution in [0.4, 0.5) is 10.5 Å². The second-order valence-electron chi connectivity index (χ2n) is 5.36. The average molecular weight is 355 g/mol. The largest absolute Gasteiger partial charge is 0.482 e. The van der Waals surface area contributed by atoms with Crippen molar-refractivity contribution >= 4 is 27.7 Å². The molecule has 0 unspecified atom stereocenters. The summed E-state index contributed by atoms with van der Waals surface area (Å²) in [6, 6.07) is 4.35. The number of anilines is 1. The Bertz CT molecular complexity index is 771. The molecule has 24 heavy (non-hydrogen) atoms. The molecule has 0 aliphatic carbocycles. The molecule has 0 radical (unpaired) electrons. The zero-order chi connectivity index (χ0) is 17.3. The maximum absolute atomic E-state index is 12.7. The predicted octanol–water partition coefficient (Wildman–Crippen LogP) is 0.0902. The first-order chi connectivity index (χ1) is 11.4. The van der Waals surface area contributed by atoms with Crippen LogP contribution in [-0.4, -0.2) is 69.5 Å².